The van der Waals surface area contributed by atoms with Gasteiger partial charge in [0, 0.05) is 0 Å². The van der Waals surface area contributed by atoms with Crippen molar-refractivity contribution in [1.29, 1.82) is 0 Å². The molecule has 2 N–H and O–H groups in total. The van der Waals surface area contributed by atoms with Crippen molar-refractivity contribution in [1.82, 2.24) is 0 Å². The van der Waals surface area contributed by atoms with Crippen LogP contribution >= 0.6 is 19.9 Å². The van der Waals surface area contributed by atoms with Crippen LogP contribution in [0.15, 0.2) is 12.1 Å². The van der Waals surface area contributed by atoms with Crippen molar-refractivity contribution < 1.29 is 42.7 Å². The normalized spacial score (nSPS) is 9.00. The van der Waals surface area contributed by atoms with Gasteiger partial charge in [0.05, 0.1) is 0 Å². The molecule has 0 aliphatic rings. The summed E-state index contributed by atoms with van der Waals surface area (Å²) < 4.78 is 18.9. The molecule has 86 valence electrons. The van der Waals surface area contributed by atoms with E-state index in [1.165, 1.54) is 13.0 Å². The molecule has 16 heavy (non-hydrogen) atoms. The van der Waals surface area contributed by atoms with E-state index in [9.17, 15) is 9.18 Å². The molecule has 1 aromatic rings. The second-order valence-corrected chi connectivity index (χ2v) is 9.73. The Bertz CT molecular complexity index is 387. The van der Waals surface area contributed by atoms with Gasteiger partial charge in [0.2, 0.25) is 0 Å². The number of rotatable bonds is 3. The molecule has 0 aliphatic heterocycles. The number of halogens is 3. The van der Waals surface area contributed by atoms with Gasteiger partial charge in [0.25, 0.3) is 0 Å². The van der Waals surface area contributed by atoms with Gasteiger partial charge in [-0.1, -0.05) is 0 Å². The van der Waals surface area contributed by atoms with Crippen LogP contribution in [0.5, 0.6) is 0 Å². The van der Waals surface area contributed by atoms with Crippen molar-refractivity contribution in [3.63, 3.8) is 0 Å². The first-order valence-corrected chi connectivity index (χ1v) is 14.1. The second-order valence-electron chi connectivity index (χ2n) is 2.95. The largest absolute Gasteiger partial charge is 0.412 e. The van der Waals surface area contributed by atoms with Crippen molar-refractivity contribution >= 4 is 28.9 Å². The molecule has 0 amide bonds. The van der Waals surface area contributed by atoms with Crippen LogP contribution in [0.1, 0.15) is 12.5 Å². The number of hydrogen-bond acceptors (Lipinski definition) is 2. The van der Waals surface area contributed by atoms with Gasteiger partial charge >= 0.3 is 108 Å². The van der Waals surface area contributed by atoms with Gasteiger partial charge in [0.1, 0.15) is 0 Å². The van der Waals surface area contributed by atoms with Crippen LogP contribution in [-0.4, -0.2) is 11.4 Å². The molecule has 0 bridgehead atoms. The first kappa shape index (κ1) is 16.1. The van der Waals surface area contributed by atoms with Gasteiger partial charge in [-0.25, -0.2) is 0 Å². The zero-order valence-corrected chi connectivity index (χ0v) is 15.5. The summed E-state index contributed by atoms with van der Waals surface area (Å²) in [6, 6.07) is 2.99. The molecule has 0 saturated carbocycles. The molecular formula is C9H9Cl2FHgO3. The van der Waals surface area contributed by atoms with Crippen molar-refractivity contribution in [2.45, 2.75) is 13.5 Å². The maximum atomic E-state index is 13.6. The standard InChI is InChI=1S/C9H7ClFO2.ClH.Hg.H2O/c1-6(12)13-5-7-4-8(10)2-3-9(7)11;;;/h2,4H,5H2,1H3;1H;;1H2/q;;+1;/p-1. The molecule has 0 atom stereocenters. The SMILES string of the molecule is CC(=O)OCc1cc(Cl)c[c]([Hg][Cl])c1F.O. The van der Waals surface area contributed by atoms with E-state index in [-0.39, 0.29) is 23.5 Å². The van der Waals surface area contributed by atoms with Crippen molar-refractivity contribution in [3.05, 3.63) is 28.5 Å². The Hall–Kier alpha value is 0.0951. The first-order valence-electron chi connectivity index (χ1n) is 4.20. The molecule has 0 unspecified atom stereocenters. The van der Waals surface area contributed by atoms with Crippen molar-refractivity contribution in [2.75, 3.05) is 0 Å². The zero-order valence-electron chi connectivity index (χ0n) is 8.52. The zero-order chi connectivity index (χ0) is 11.4. The van der Waals surface area contributed by atoms with Crippen molar-refractivity contribution in [2.24, 2.45) is 0 Å². The minimum Gasteiger partial charge on any atom is -0.412 e. The summed E-state index contributed by atoms with van der Waals surface area (Å²) in [5.41, 5.74) is 0.286. The van der Waals surface area contributed by atoms with Gasteiger partial charge in [-0.2, -0.15) is 0 Å². The predicted molar refractivity (Wildman–Crippen MR) is 56.0 cm³/mol. The van der Waals surface area contributed by atoms with E-state index < -0.39 is 29.3 Å². The molecule has 3 nitrogen and oxygen atoms in total. The van der Waals surface area contributed by atoms with E-state index in [1.54, 1.807) is 6.07 Å². The minimum absolute atomic E-state index is 0. The van der Waals surface area contributed by atoms with E-state index in [1.807, 2.05) is 0 Å². The third-order valence-corrected chi connectivity index (χ3v) is 7.63. The molecule has 0 aromatic heterocycles. The number of carbonyl (C=O) groups is 1. The number of ether oxygens (including phenoxy) is 1. The van der Waals surface area contributed by atoms with Crippen LogP contribution in [0, 0.1) is 5.82 Å². The molecular weight excluding hydrogens is 447 g/mol. The summed E-state index contributed by atoms with van der Waals surface area (Å²) in [6.07, 6.45) is 0. The van der Waals surface area contributed by atoms with E-state index in [0.717, 1.165) is 0 Å². The van der Waals surface area contributed by atoms with Crippen LogP contribution in [0.4, 0.5) is 4.39 Å². The average Bonchev–Trinajstić information content (AvgIpc) is 2.18. The Morgan fingerprint density at radius 2 is 2.19 bits per heavy atom. The summed E-state index contributed by atoms with van der Waals surface area (Å²) >= 11 is 3.94. The summed E-state index contributed by atoms with van der Waals surface area (Å²) in [7, 11) is 5.75. The summed E-state index contributed by atoms with van der Waals surface area (Å²) in [4.78, 5) is 10.6. The Morgan fingerprint density at radius 1 is 1.56 bits per heavy atom. The topological polar surface area (TPSA) is 57.8 Å². The van der Waals surface area contributed by atoms with Gasteiger partial charge < -0.3 is 5.48 Å². The Morgan fingerprint density at radius 3 is 2.69 bits per heavy atom. The van der Waals surface area contributed by atoms with Crippen LogP contribution in [0.3, 0.4) is 0 Å². The molecule has 0 aliphatic carbocycles. The number of carbonyl (C=O) groups excluding carboxylic acids is 1. The van der Waals surface area contributed by atoms with Crippen LogP contribution in [0.2, 0.25) is 5.02 Å². The molecule has 0 fully saturated rings. The first-order chi connectivity index (χ1) is 7.04. The molecule has 7 heteroatoms. The van der Waals surface area contributed by atoms with E-state index in [0.29, 0.717) is 8.09 Å². The van der Waals surface area contributed by atoms with Gasteiger partial charge in [-0.15, -0.1) is 0 Å². The summed E-state index contributed by atoms with van der Waals surface area (Å²) in [6.45, 7) is 1.17. The Balaban J connectivity index is 0.00000225. The number of benzene rings is 1. The maximum absolute atomic E-state index is 13.6. The predicted octanol–water partition coefficient (Wildman–Crippen LogP) is 1.58. The maximum Gasteiger partial charge on any atom is -0.412 e. The number of esters is 1. The number of hydrogen-bond donors (Lipinski definition) is 0. The molecule has 0 radical (unpaired) electrons. The fourth-order valence-electron chi connectivity index (χ4n) is 1.09. The Kier molecular flexibility index (Phi) is 7.47. The summed E-state index contributed by atoms with van der Waals surface area (Å²) in [5, 5.41) is 0.425. The fourth-order valence-corrected chi connectivity index (χ4v) is 6.06. The third kappa shape index (κ3) is 4.53. The van der Waals surface area contributed by atoms with E-state index in [2.05, 4.69) is 0 Å². The molecule has 0 spiro atoms. The second kappa shape index (κ2) is 7.43. The Labute approximate surface area is 113 Å². The third-order valence-electron chi connectivity index (χ3n) is 1.76. The monoisotopic (exact) mass is 456 g/mol. The van der Waals surface area contributed by atoms with Gasteiger partial charge in [-0.3, -0.25) is 0 Å². The van der Waals surface area contributed by atoms with Crippen molar-refractivity contribution in [3.8, 4) is 0 Å². The minimum atomic E-state index is -1.85. The molecule has 0 saturated heterocycles. The average molecular weight is 456 g/mol. The van der Waals surface area contributed by atoms with Gasteiger partial charge in [-0.05, 0) is 0 Å². The summed E-state index contributed by atoms with van der Waals surface area (Å²) in [5.74, 6) is -0.830. The smallest absolute Gasteiger partial charge is 0.412 e. The van der Waals surface area contributed by atoms with Gasteiger partial charge in [0.15, 0.2) is 0 Å². The quantitative estimate of drug-likeness (QED) is 0.513. The van der Waals surface area contributed by atoms with E-state index >= 15 is 0 Å². The van der Waals surface area contributed by atoms with Crippen LogP contribution in [-0.2, 0) is 39.5 Å². The van der Waals surface area contributed by atoms with Crippen LogP contribution < -0.4 is 3.07 Å². The van der Waals surface area contributed by atoms with E-state index in [4.69, 9.17) is 24.6 Å². The molecule has 1 rings (SSSR count). The molecule has 1 aromatic carbocycles. The molecule has 0 heterocycles. The van der Waals surface area contributed by atoms with Crippen LogP contribution in [0.25, 0.3) is 0 Å². The fraction of sp³-hybridized carbons (Fsp3) is 0.222.